The van der Waals surface area contributed by atoms with Crippen molar-refractivity contribution in [3.8, 4) is 5.75 Å². The van der Waals surface area contributed by atoms with Crippen LogP contribution in [-0.2, 0) is 9.53 Å². The highest BCUT2D eigenvalue weighted by atomic mass is 35.5. The molecular formula is C17H15Cl2NO4. The van der Waals surface area contributed by atoms with Crippen molar-refractivity contribution in [2.24, 2.45) is 0 Å². The van der Waals surface area contributed by atoms with Crippen LogP contribution in [0.1, 0.15) is 17.3 Å². The highest BCUT2D eigenvalue weighted by molar-refractivity contribution is 6.44. The molecule has 0 aliphatic heterocycles. The Labute approximate surface area is 149 Å². The number of carbonyl (C=O) groups excluding carboxylic acids is 2. The fourth-order valence-corrected chi connectivity index (χ4v) is 2.23. The average Bonchev–Trinajstić information content (AvgIpc) is 2.58. The smallest absolute Gasteiger partial charge is 0.337 e. The van der Waals surface area contributed by atoms with Crippen molar-refractivity contribution in [2.45, 2.75) is 13.0 Å². The van der Waals surface area contributed by atoms with E-state index in [-0.39, 0.29) is 10.9 Å². The molecule has 0 spiro atoms. The summed E-state index contributed by atoms with van der Waals surface area (Å²) < 4.78 is 10.2. The lowest BCUT2D eigenvalue weighted by molar-refractivity contribution is -0.122. The maximum absolute atomic E-state index is 12.2. The molecule has 126 valence electrons. The van der Waals surface area contributed by atoms with Gasteiger partial charge in [0.05, 0.1) is 28.4 Å². The van der Waals surface area contributed by atoms with Crippen molar-refractivity contribution < 1.29 is 19.1 Å². The quantitative estimate of drug-likeness (QED) is 0.804. The molecule has 0 saturated heterocycles. The maximum atomic E-state index is 12.2. The number of ether oxygens (including phenoxy) is 2. The summed E-state index contributed by atoms with van der Waals surface area (Å²) >= 11 is 11.9. The second kappa shape index (κ2) is 8.04. The van der Waals surface area contributed by atoms with Crippen LogP contribution in [0.2, 0.25) is 10.0 Å². The van der Waals surface area contributed by atoms with Crippen molar-refractivity contribution in [3.63, 3.8) is 0 Å². The third-order valence-electron chi connectivity index (χ3n) is 3.17. The van der Waals surface area contributed by atoms with Gasteiger partial charge in [0.1, 0.15) is 5.75 Å². The van der Waals surface area contributed by atoms with Crippen molar-refractivity contribution in [1.82, 2.24) is 0 Å². The van der Waals surface area contributed by atoms with Gasteiger partial charge in [-0.1, -0.05) is 29.3 Å². The molecule has 5 nitrogen and oxygen atoms in total. The zero-order valence-corrected chi connectivity index (χ0v) is 14.5. The van der Waals surface area contributed by atoms with Crippen LogP contribution < -0.4 is 10.1 Å². The standard InChI is InChI=1S/C17H15Cl2NO4/c1-10(16(21)20-14-5-3-4-13(18)15(14)19)24-12-8-6-11(7-9-12)17(22)23-2/h3-10H,1-2H3,(H,20,21). The number of benzene rings is 2. The molecule has 0 bridgehead atoms. The Morgan fingerprint density at radius 1 is 1.08 bits per heavy atom. The highest BCUT2D eigenvalue weighted by Crippen LogP contribution is 2.29. The first kappa shape index (κ1) is 18.1. The summed E-state index contributed by atoms with van der Waals surface area (Å²) in [6.07, 6.45) is -0.774. The second-order valence-electron chi connectivity index (χ2n) is 4.87. The molecule has 0 fully saturated rings. The van der Waals surface area contributed by atoms with Gasteiger partial charge in [-0.25, -0.2) is 4.79 Å². The fourth-order valence-electron chi connectivity index (χ4n) is 1.88. The van der Waals surface area contributed by atoms with Gasteiger partial charge in [0, 0.05) is 0 Å². The van der Waals surface area contributed by atoms with Crippen LogP contribution >= 0.6 is 23.2 Å². The molecule has 0 saturated carbocycles. The van der Waals surface area contributed by atoms with Crippen LogP contribution in [0, 0.1) is 0 Å². The van der Waals surface area contributed by atoms with Crippen LogP contribution in [-0.4, -0.2) is 25.1 Å². The van der Waals surface area contributed by atoms with E-state index < -0.39 is 12.1 Å². The lowest BCUT2D eigenvalue weighted by atomic mass is 10.2. The largest absolute Gasteiger partial charge is 0.481 e. The molecule has 1 N–H and O–H groups in total. The molecule has 1 unspecified atom stereocenters. The summed E-state index contributed by atoms with van der Waals surface area (Å²) in [5.74, 6) is -0.373. The van der Waals surface area contributed by atoms with E-state index >= 15 is 0 Å². The summed E-state index contributed by atoms with van der Waals surface area (Å²) in [5, 5.41) is 3.27. The first-order chi connectivity index (χ1) is 11.4. The number of nitrogens with one attached hydrogen (secondary N) is 1. The second-order valence-corrected chi connectivity index (χ2v) is 5.65. The minimum Gasteiger partial charge on any atom is -0.481 e. The Morgan fingerprint density at radius 3 is 2.38 bits per heavy atom. The maximum Gasteiger partial charge on any atom is 0.337 e. The number of halogens is 2. The molecule has 1 amide bonds. The van der Waals surface area contributed by atoms with Gasteiger partial charge in [-0.3, -0.25) is 4.79 Å². The molecule has 2 aromatic carbocycles. The predicted octanol–water partition coefficient (Wildman–Crippen LogP) is 4.19. The first-order valence-corrected chi connectivity index (χ1v) is 7.78. The number of rotatable bonds is 5. The normalized spacial score (nSPS) is 11.5. The van der Waals surface area contributed by atoms with E-state index in [0.29, 0.717) is 22.0 Å². The molecule has 2 aromatic rings. The number of amides is 1. The van der Waals surface area contributed by atoms with Gasteiger partial charge in [-0.05, 0) is 43.3 Å². The monoisotopic (exact) mass is 367 g/mol. The van der Waals surface area contributed by atoms with Crippen molar-refractivity contribution in [3.05, 3.63) is 58.1 Å². The minimum absolute atomic E-state index is 0.266. The number of carbonyl (C=O) groups is 2. The molecule has 0 aliphatic carbocycles. The van der Waals surface area contributed by atoms with Crippen LogP contribution in [0.15, 0.2) is 42.5 Å². The van der Waals surface area contributed by atoms with Crippen molar-refractivity contribution in [2.75, 3.05) is 12.4 Å². The van der Waals surface area contributed by atoms with E-state index in [2.05, 4.69) is 10.1 Å². The molecule has 2 rings (SSSR count). The molecule has 0 aromatic heterocycles. The van der Waals surface area contributed by atoms with Gasteiger partial charge in [-0.15, -0.1) is 0 Å². The van der Waals surface area contributed by atoms with Crippen LogP contribution in [0.3, 0.4) is 0 Å². The van der Waals surface area contributed by atoms with E-state index in [1.165, 1.54) is 7.11 Å². The SMILES string of the molecule is COC(=O)c1ccc(OC(C)C(=O)Nc2cccc(Cl)c2Cl)cc1. The summed E-state index contributed by atoms with van der Waals surface area (Å²) in [6, 6.07) is 11.2. The van der Waals surface area contributed by atoms with E-state index in [1.54, 1.807) is 49.4 Å². The lowest BCUT2D eigenvalue weighted by Gasteiger charge is -2.15. The third kappa shape index (κ3) is 4.40. The Hall–Kier alpha value is -2.24. The van der Waals surface area contributed by atoms with Gasteiger partial charge >= 0.3 is 5.97 Å². The van der Waals surface area contributed by atoms with Crippen molar-refractivity contribution in [1.29, 1.82) is 0 Å². The Morgan fingerprint density at radius 2 is 1.75 bits per heavy atom. The van der Waals surface area contributed by atoms with E-state index in [9.17, 15) is 9.59 Å². The van der Waals surface area contributed by atoms with E-state index in [0.717, 1.165) is 0 Å². The number of esters is 1. The summed E-state index contributed by atoms with van der Waals surface area (Å²) in [6.45, 7) is 1.60. The van der Waals surface area contributed by atoms with Gasteiger partial charge in [0.25, 0.3) is 5.91 Å². The molecule has 0 aliphatic rings. The summed E-state index contributed by atoms with van der Waals surface area (Å²) in [4.78, 5) is 23.6. The van der Waals surface area contributed by atoms with Gasteiger partial charge in [0.2, 0.25) is 0 Å². The summed E-state index contributed by atoms with van der Waals surface area (Å²) in [7, 11) is 1.31. The van der Waals surface area contributed by atoms with Crippen LogP contribution in [0.4, 0.5) is 5.69 Å². The summed E-state index contributed by atoms with van der Waals surface area (Å²) in [5.41, 5.74) is 0.804. The molecule has 7 heteroatoms. The van der Waals surface area contributed by atoms with Gasteiger partial charge < -0.3 is 14.8 Å². The van der Waals surface area contributed by atoms with E-state index in [1.807, 2.05) is 0 Å². The fraction of sp³-hybridized carbons (Fsp3) is 0.176. The molecule has 24 heavy (non-hydrogen) atoms. The number of anilines is 1. The van der Waals surface area contributed by atoms with E-state index in [4.69, 9.17) is 27.9 Å². The zero-order chi connectivity index (χ0) is 17.7. The highest BCUT2D eigenvalue weighted by Gasteiger charge is 2.17. The van der Waals surface area contributed by atoms with Crippen LogP contribution in [0.25, 0.3) is 0 Å². The molecule has 0 radical (unpaired) electrons. The predicted molar refractivity (Wildman–Crippen MR) is 93.0 cm³/mol. The zero-order valence-electron chi connectivity index (χ0n) is 13.0. The van der Waals surface area contributed by atoms with Crippen LogP contribution in [0.5, 0.6) is 5.75 Å². The average molecular weight is 368 g/mol. The molecular weight excluding hydrogens is 353 g/mol. The molecule has 1 atom stereocenters. The number of hydrogen-bond donors (Lipinski definition) is 1. The Kier molecular flexibility index (Phi) is 6.06. The third-order valence-corrected chi connectivity index (χ3v) is 3.99. The number of hydrogen-bond acceptors (Lipinski definition) is 4. The minimum atomic E-state index is -0.774. The Bertz CT molecular complexity index is 747. The first-order valence-electron chi connectivity index (χ1n) is 7.02. The number of methoxy groups -OCH3 is 1. The van der Waals surface area contributed by atoms with Gasteiger partial charge in [0.15, 0.2) is 6.10 Å². The lowest BCUT2D eigenvalue weighted by Crippen LogP contribution is -2.30. The van der Waals surface area contributed by atoms with Gasteiger partial charge in [-0.2, -0.15) is 0 Å². The van der Waals surface area contributed by atoms with Crippen molar-refractivity contribution >= 4 is 40.8 Å². The molecule has 0 heterocycles. The Balaban J connectivity index is 2.01. The topological polar surface area (TPSA) is 64.6 Å².